The Hall–Kier alpha value is 0.411. The summed E-state index contributed by atoms with van der Waals surface area (Å²) in [7, 11) is -0.403. The topological polar surface area (TPSA) is 82.4 Å². The lowest BCUT2D eigenvalue weighted by Gasteiger charge is -2.28. The lowest BCUT2D eigenvalue weighted by atomic mass is 11.2. The standard InChI is InChI=1S/C3H11NO5Si3/c1-4(3-11(5)6)12(7,8-2)9-10/h5-7H,3H2,1-2H3. The van der Waals surface area contributed by atoms with Gasteiger partial charge in [-0.15, -0.1) is 0 Å². The highest BCUT2D eigenvalue weighted by atomic mass is 28.4. The Balaban J connectivity index is 4.11. The van der Waals surface area contributed by atoms with Crippen LogP contribution in [0.25, 0.3) is 0 Å². The molecule has 1 atom stereocenters. The highest BCUT2D eigenvalue weighted by molar-refractivity contribution is 6.60. The number of hydrogen-bond donors (Lipinski definition) is 3. The minimum absolute atomic E-state index is 0.0499. The van der Waals surface area contributed by atoms with E-state index in [0.29, 0.717) is 0 Å². The minimum Gasteiger partial charge on any atom is -0.409 e. The molecule has 70 valence electrons. The summed E-state index contributed by atoms with van der Waals surface area (Å²) in [6.07, 6.45) is -0.0499. The first-order valence-electron chi connectivity index (χ1n) is 3.03. The molecule has 0 aromatic heterocycles. The first kappa shape index (κ1) is 12.4. The summed E-state index contributed by atoms with van der Waals surface area (Å²) < 4.78 is 10.5. The third-order valence-electron chi connectivity index (χ3n) is 1.26. The maximum atomic E-state index is 9.51. The van der Waals surface area contributed by atoms with Crippen molar-refractivity contribution in [3.05, 3.63) is 0 Å². The van der Waals surface area contributed by atoms with E-state index in [-0.39, 0.29) is 6.17 Å². The van der Waals surface area contributed by atoms with Crippen LogP contribution < -0.4 is 0 Å². The molecule has 0 rings (SSSR count). The van der Waals surface area contributed by atoms with E-state index in [2.05, 4.69) is 14.6 Å². The van der Waals surface area contributed by atoms with Gasteiger partial charge in [-0.1, -0.05) is 0 Å². The van der Waals surface area contributed by atoms with Crippen molar-refractivity contribution in [1.29, 1.82) is 0 Å². The highest BCUT2D eigenvalue weighted by Gasteiger charge is 2.41. The van der Waals surface area contributed by atoms with Gasteiger partial charge in [0, 0.05) is 13.3 Å². The molecule has 12 heavy (non-hydrogen) atoms. The molecule has 0 aliphatic heterocycles. The first-order valence-corrected chi connectivity index (χ1v) is 6.75. The summed E-state index contributed by atoms with van der Waals surface area (Å²) in [5.41, 5.74) is 0. The second kappa shape index (κ2) is 5.21. The van der Waals surface area contributed by atoms with Gasteiger partial charge in [-0.3, -0.25) is 4.57 Å². The Morgan fingerprint density at radius 1 is 1.58 bits per heavy atom. The van der Waals surface area contributed by atoms with E-state index >= 15 is 0 Å². The monoisotopic (exact) mass is 225 g/mol. The Morgan fingerprint density at radius 3 is 2.33 bits per heavy atom. The van der Waals surface area contributed by atoms with Gasteiger partial charge in [-0.2, -0.15) is 0 Å². The molecule has 6 nitrogen and oxygen atoms in total. The van der Waals surface area contributed by atoms with E-state index in [1.807, 2.05) is 0 Å². The van der Waals surface area contributed by atoms with Gasteiger partial charge < -0.3 is 22.9 Å². The second-order valence-electron chi connectivity index (χ2n) is 2.13. The zero-order valence-electron chi connectivity index (χ0n) is 6.81. The summed E-state index contributed by atoms with van der Waals surface area (Å²) in [4.78, 5) is 26.9. The van der Waals surface area contributed by atoms with Gasteiger partial charge in [0.1, 0.15) is 0 Å². The molecular formula is C3H11NO5Si3. The highest BCUT2D eigenvalue weighted by Crippen LogP contribution is 2.04. The largest absolute Gasteiger partial charge is 0.585 e. The van der Waals surface area contributed by atoms with Crippen LogP contribution in [-0.4, -0.2) is 68.0 Å². The fraction of sp³-hybridized carbons (Fsp3) is 1.00. The Labute approximate surface area is 77.2 Å². The molecule has 9 heteroatoms. The summed E-state index contributed by atoms with van der Waals surface area (Å²) in [6.45, 7) is 0. The van der Waals surface area contributed by atoms with Crippen molar-refractivity contribution >= 4 is 28.7 Å². The summed E-state index contributed by atoms with van der Waals surface area (Å²) in [5, 5.41) is 0. The van der Waals surface area contributed by atoms with Crippen LogP contribution in [0.1, 0.15) is 0 Å². The quantitative estimate of drug-likeness (QED) is 0.436. The lowest BCUT2D eigenvalue weighted by molar-refractivity contribution is 0.133. The van der Waals surface area contributed by atoms with Crippen molar-refractivity contribution in [2.45, 2.75) is 0 Å². The molecule has 0 spiro atoms. The normalized spacial score (nSPS) is 17.0. The van der Waals surface area contributed by atoms with Crippen LogP contribution in [0.4, 0.5) is 0 Å². The van der Waals surface area contributed by atoms with Crippen molar-refractivity contribution in [2.24, 2.45) is 0 Å². The van der Waals surface area contributed by atoms with E-state index in [1.165, 1.54) is 18.7 Å². The minimum atomic E-state index is -3.41. The van der Waals surface area contributed by atoms with Crippen molar-refractivity contribution in [2.75, 3.05) is 20.3 Å². The first-order chi connectivity index (χ1) is 5.46. The molecule has 0 heterocycles. The Morgan fingerprint density at radius 2 is 2.08 bits per heavy atom. The van der Waals surface area contributed by atoms with Crippen LogP contribution in [0.3, 0.4) is 0 Å². The third kappa shape index (κ3) is 3.42. The van der Waals surface area contributed by atoms with Crippen molar-refractivity contribution in [3.63, 3.8) is 0 Å². The lowest BCUT2D eigenvalue weighted by Crippen LogP contribution is -2.59. The molecule has 0 saturated heterocycles. The Kier molecular flexibility index (Phi) is 5.39. The number of hydrogen-bond acceptors (Lipinski definition) is 6. The van der Waals surface area contributed by atoms with Gasteiger partial charge in [0.2, 0.25) is 10.5 Å². The molecule has 0 bridgehead atoms. The van der Waals surface area contributed by atoms with Gasteiger partial charge >= 0.3 is 18.2 Å². The molecule has 0 aromatic carbocycles. The fourth-order valence-corrected chi connectivity index (χ4v) is 3.50. The van der Waals surface area contributed by atoms with Gasteiger partial charge in [-0.05, 0) is 7.05 Å². The van der Waals surface area contributed by atoms with Crippen LogP contribution in [0.15, 0.2) is 0 Å². The van der Waals surface area contributed by atoms with Crippen LogP contribution >= 0.6 is 0 Å². The zero-order chi connectivity index (χ0) is 9.78. The van der Waals surface area contributed by atoms with E-state index in [1.54, 1.807) is 0 Å². The predicted molar refractivity (Wildman–Crippen MR) is 44.6 cm³/mol. The van der Waals surface area contributed by atoms with Crippen molar-refractivity contribution in [1.82, 2.24) is 4.57 Å². The zero-order valence-corrected chi connectivity index (χ0v) is 9.81. The molecule has 3 N–H and O–H groups in total. The van der Waals surface area contributed by atoms with Gasteiger partial charge in [0.15, 0.2) is 0 Å². The molecule has 0 aromatic rings. The predicted octanol–water partition coefficient (Wildman–Crippen LogP) is -2.90. The molecule has 4 radical (unpaired) electrons. The van der Waals surface area contributed by atoms with Gasteiger partial charge in [0.05, 0.1) is 0 Å². The summed E-state index contributed by atoms with van der Waals surface area (Å²) >= 11 is 0. The smallest absolute Gasteiger partial charge is 0.409 e. The van der Waals surface area contributed by atoms with Crippen LogP contribution in [0, 0.1) is 0 Å². The van der Waals surface area contributed by atoms with Crippen LogP contribution in [0.5, 0.6) is 0 Å². The SMILES string of the molecule is CO[Si](O)(O[Si])N(C)C[Si](O)O. The van der Waals surface area contributed by atoms with E-state index in [0.717, 1.165) is 0 Å². The average Bonchev–Trinajstić information content (AvgIpc) is 2.02. The molecule has 0 saturated carbocycles. The van der Waals surface area contributed by atoms with Crippen molar-refractivity contribution in [3.8, 4) is 0 Å². The third-order valence-corrected chi connectivity index (χ3v) is 5.05. The maximum absolute atomic E-state index is 9.51. The van der Waals surface area contributed by atoms with Gasteiger partial charge in [0.25, 0.3) is 0 Å². The molecule has 0 aliphatic rings. The maximum Gasteiger partial charge on any atom is 0.585 e. The second-order valence-corrected chi connectivity index (χ2v) is 6.36. The number of nitrogens with zero attached hydrogens (tertiary/aromatic N) is 1. The van der Waals surface area contributed by atoms with E-state index < -0.39 is 18.2 Å². The summed E-state index contributed by atoms with van der Waals surface area (Å²) in [6, 6.07) is 0. The van der Waals surface area contributed by atoms with Crippen LogP contribution in [-0.2, 0) is 8.54 Å². The van der Waals surface area contributed by atoms with E-state index in [4.69, 9.17) is 14.0 Å². The molecular weight excluding hydrogens is 214 g/mol. The Bertz CT molecular complexity index is 131. The average molecular weight is 225 g/mol. The number of rotatable bonds is 5. The van der Waals surface area contributed by atoms with Crippen LogP contribution in [0.2, 0.25) is 0 Å². The molecule has 0 fully saturated rings. The van der Waals surface area contributed by atoms with Crippen molar-refractivity contribution < 1.29 is 22.9 Å². The summed E-state index contributed by atoms with van der Waals surface area (Å²) in [5.74, 6) is 0. The molecule has 0 aliphatic carbocycles. The fourth-order valence-electron chi connectivity index (χ4n) is 0.587. The van der Waals surface area contributed by atoms with E-state index in [9.17, 15) is 4.80 Å². The molecule has 0 amide bonds. The van der Waals surface area contributed by atoms with Gasteiger partial charge in [-0.25, -0.2) is 0 Å². The molecule has 1 unspecified atom stereocenters.